The zero-order valence-electron chi connectivity index (χ0n) is 9.87. The third-order valence-corrected chi connectivity index (χ3v) is 2.48. The molecule has 1 aromatic carbocycles. The Kier molecular flexibility index (Phi) is 5.29. The number of primary amides is 1. The minimum Gasteiger partial charge on any atom is -0.394 e. The molecule has 0 saturated heterocycles. The first-order valence-electron chi connectivity index (χ1n) is 5.54. The van der Waals surface area contributed by atoms with Gasteiger partial charge in [0.05, 0.1) is 12.6 Å². The van der Waals surface area contributed by atoms with Crippen LogP contribution in [0.4, 0.5) is 0 Å². The van der Waals surface area contributed by atoms with Gasteiger partial charge in [-0.15, -0.1) is 0 Å². The van der Waals surface area contributed by atoms with Crippen molar-refractivity contribution in [3.8, 4) is 0 Å². The number of aliphatic hydroxyl groups excluding tert-OH is 1. The second kappa shape index (κ2) is 6.73. The molecule has 1 rings (SSSR count). The SMILES string of the molecule is NC(=O)[C@H](CO)NC(=O)[C@@H](N)Cc1ccccc1. The van der Waals surface area contributed by atoms with Crippen LogP contribution < -0.4 is 16.8 Å². The highest BCUT2D eigenvalue weighted by atomic mass is 16.3. The largest absolute Gasteiger partial charge is 0.394 e. The molecule has 0 saturated carbocycles. The molecule has 0 radical (unpaired) electrons. The summed E-state index contributed by atoms with van der Waals surface area (Å²) in [5.74, 6) is -1.31. The van der Waals surface area contributed by atoms with Crippen LogP contribution in [0.1, 0.15) is 5.56 Å². The topological polar surface area (TPSA) is 118 Å². The molecule has 0 heterocycles. The maximum absolute atomic E-state index is 11.7. The maximum Gasteiger partial charge on any atom is 0.242 e. The number of nitrogens with two attached hydrogens (primary N) is 2. The van der Waals surface area contributed by atoms with Gasteiger partial charge < -0.3 is 21.9 Å². The molecule has 18 heavy (non-hydrogen) atoms. The van der Waals surface area contributed by atoms with Gasteiger partial charge in [-0.2, -0.15) is 0 Å². The zero-order valence-corrected chi connectivity index (χ0v) is 9.87. The normalized spacial score (nSPS) is 13.7. The van der Waals surface area contributed by atoms with Gasteiger partial charge in [0, 0.05) is 0 Å². The molecule has 0 spiro atoms. The van der Waals surface area contributed by atoms with Crippen molar-refractivity contribution in [3.63, 3.8) is 0 Å². The fraction of sp³-hybridized carbons (Fsp3) is 0.333. The summed E-state index contributed by atoms with van der Waals surface area (Å²) < 4.78 is 0. The van der Waals surface area contributed by atoms with E-state index in [-0.39, 0.29) is 0 Å². The van der Waals surface area contributed by atoms with E-state index >= 15 is 0 Å². The van der Waals surface area contributed by atoms with E-state index in [1.54, 1.807) is 0 Å². The van der Waals surface area contributed by atoms with Crippen LogP contribution in [0.3, 0.4) is 0 Å². The number of carbonyl (C=O) groups is 2. The lowest BCUT2D eigenvalue weighted by atomic mass is 10.1. The molecule has 2 atom stereocenters. The van der Waals surface area contributed by atoms with Gasteiger partial charge in [-0.1, -0.05) is 30.3 Å². The minimum atomic E-state index is -1.10. The fourth-order valence-corrected chi connectivity index (χ4v) is 1.45. The lowest BCUT2D eigenvalue weighted by Crippen LogP contribution is -2.52. The van der Waals surface area contributed by atoms with Crippen LogP contribution in [0.15, 0.2) is 30.3 Å². The summed E-state index contributed by atoms with van der Waals surface area (Å²) in [4.78, 5) is 22.5. The molecule has 98 valence electrons. The van der Waals surface area contributed by atoms with Gasteiger partial charge in [-0.25, -0.2) is 0 Å². The smallest absolute Gasteiger partial charge is 0.242 e. The molecule has 6 heteroatoms. The van der Waals surface area contributed by atoms with Crippen LogP contribution in [0.5, 0.6) is 0 Å². The summed E-state index contributed by atoms with van der Waals surface area (Å²) in [6, 6.07) is 7.37. The van der Waals surface area contributed by atoms with Crippen molar-refractivity contribution >= 4 is 11.8 Å². The van der Waals surface area contributed by atoms with Gasteiger partial charge >= 0.3 is 0 Å². The third kappa shape index (κ3) is 4.15. The van der Waals surface area contributed by atoms with Crippen LogP contribution in [-0.4, -0.2) is 35.6 Å². The van der Waals surface area contributed by atoms with Gasteiger partial charge in [-0.3, -0.25) is 9.59 Å². The Bertz CT molecular complexity index is 408. The second-order valence-electron chi connectivity index (χ2n) is 3.94. The third-order valence-electron chi connectivity index (χ3n) is 2.48. The van der Waals surface area contributed by atoms with E-state index in [4.69, 9.17) is 16.6 Å². The molecule has 1 aromatic rings. The lowest BCUT2D eigenvalue weighted by Gasteiger charge is -2.16. The molecule has 0 aromatic heterocycles. The summed E-state index contributed by atoms with van der Waals surface area (Å²) in [5, 5.41) is 11.2. The van der Waals surface area contributed by atoms with Crippen molar-refractivity contribution in [2.75, 3.05) is 6.61 Å². The Morgan fingerprint density at radius 3 is 2.39 bits per heavy atom. The molecule has 6 N–H and O–H groups in total. The van der Waals surface area contributed by atoms with Crippen molar-refractivity contribution in [2.24, 2.45) is 11.5 Å². The van der Waals surface area contributed by atoms with Crippen LogP contribution >= 0.6 is 0 Å². The van der Waals surface area contributed by atoms with Gasteiger partial charge in [0.25, 0.3) is 0 Å². The van der Waals surface area contributed by atoms with Crippen LogP contribution in [-0.2, 0) is 16.0 Å². The van der Waals surface area contributed by atoms with Crippen molar-refractivity contribution in [2.45, 2.75) is 18.5 Å². The molecule has 0 aliphatic carbocycles. The number of aliphatic hydroxyl groups is 1. The van der Waals surface area contributed by atoms with Gasteiger partial charge in [0.2, 0.25) is 11.8 Å². The van der Waals surface area contributed by atoms with E-state index in [0.29, 0.717) is 6.42 Å². The van der Waals surface area contributed by atoms with E-state index < -0.39 is 30.5 Å². The summed E-state index contributed by atoms with van der Waals surface area (Å²) in [5.41, 5.74) is 11.6. The van der Waals surface area contributed by atoms with Gasteiger partial charge in [-0.05, 0) is 12.0 Å². The number of hydrogen-bond acceptors (Lipinski definition) is 4. The van der Waals surface area contributed by atoms with Gasteiger partial charge in [0.1, 0.15) is 6.04 Å². The summed E-state index contributed by atoms with van der Waals surface area (Å²) in [7, 11) is 0. The van der Waals surface area contributed by atoms with E-state index in [0.717, 1.165) is 5.56 Å². The highest BCUT2D eigenvalue weighted by Gasteiger charge is 2.21. The summed E-state index contributed by atoms with van der Waals surface area (Å²) >= 11 is 0. The lowest BCUT2D eigenvalue weighted by molar-refractivity contribution is -0.128. The van der Waals surface area contributed by atoms with E-state index in [1.165, 1.54) is 0 Å². The summed E-state index contributed by atoms with van der Waals surface area (Å²) in [6.45, 7) is -0.543. The maximum atomic E-state index is 11.7. The van der Waals surface area contributed by atoms with E-state index in [2.05, 4.69) is 5.32 Å². The Balaban J connectivity index is 2.54. The van der Waals surface area contributed by atoms with E-state index in [9.17, 15) is 9.59 Å². The number of amides is 2. The summed E-state index contributed by atoms with van der Waals surface area (Å²) in [6.07, 6.45) is 0.351. The molecular weight excluding hydrogens is 234 g/mol. The average Bonchev–Trinajstić information content (AvgIpc) is 2.36. The molecule has 0 unspecified atom stereocenters. The van der Waals surface area contributed by atoms with Gasteiger partial charge in [0.15, 0.2) is 0 Å². The fourth-order valence-electron chi connectivity index (χ4n) is 1.45. The Morgan fingerprint density at radius 1 is 1.28 bits per heavy atom. The second-order valence-corrected chi connectivity index (χ2v) is 3.94. The predicted molar refractivity (Wildman–Crippen MR) is 66.3 cm³/mol. The Labute approximate surface area is 105 Å². The first kappa shape index (κ1) is 14.1. The molecule has 0 aliphatic rings. The van der Waals surface area contributed by atoms with E-state index in [1.807, 2.05) is 30.3 Å². The highest BCUT2D eigenvalue weighted by molar-refractivity contribution is 5.89. The molecule has 0 aliphatic heterocycles. The van der Waals surface area contributed by atoms with Crippen molar-refractivity contribution in [1.29, 1.82) is 0 Å². The number of nitrogens with one attached hydrogen (secondary N) is 1. The quantitative estimate of drug-likeness (QED) is 0.493. The minimum absolute atomic E-state index is 0.351. The number of hydrogen-bond donors (Lipinski definition) is 4. The van der Waals surface area contributed by atoms with Crippen LogP contribution in [0.2, 0.25) is 0 Å². The molecule has 2 amide bonds. The van der Waals surface area contributed by atoms with Crippen molar-refractivity contribution < 1.29 is 14.7 Å². The van der Waals surface area contributed by atoms with Crippen LogP contribution in [0.25, 0.3) is 0 Å². The van der Waals surface area contributed by atoms with Crippen LogP contribution in [0, 0.1) is 0 Å². The number of benzene rings is 1. The highest BCUT2D eigenvalue weighted by Crippen LogP contribution is 2.02. The Hall–Kier alpha value is -1.92. The number of carbonyl (C=O) groups excluding carboxylic acids is 2. The van der Waals surface area contributed by atoms with Crippen molar-refractivity contribution in [1.82, 2.24) is 5.32 Å². The Morgan fingerprint density at radius 2 is 1.89 bits per heavy atom. The molecular formula is C12H17N3O3. The standard InChI is InChI=1S/C12H17N3O3/c13-9(6-8-4-2-1-3-5-8)12(18)15-10(7-16)11(14)17/h1-5,9-10,16H,6-7,13H2,(H2,14,17)(H,15,18)/t9-,10-/m0/s1. The monoisotopic (exact) mass is 251 g/mol. The molecule has 0 bridgehead atoms. The number of rotatable bonds is 6. The zero-order chi connectivity index (χ0) is 13.5. The molecule has 0 fully saturated rings. The first-order chi connectivity index (χ1) is 8.54. The predicted octanol–water partition coefficient (Wildman–Crippen LogP) is -1.48. The average molecular weight is 251 g/mol. The first-order valence-corrected chi connectivity index (χ1v) is 5.54. The van der Waals surface area contributed by atoms with Crippen molar-refractivity contribution in [3.05, 3.63) is 35.9 Å². The molecule has 6 nitrogen and oxygen atoms in total.